The molecule has 0 amide bonds. The molecule has 326 valence electrons. The number of benzene rings is 8. The van der Waals surface area contributed by atoms with Gasteiger partial charge in [0.25, 0.3) is 6.71 Å². The molecule has 0 N–H and O–H groups in total. The van der Waals surface area contributed by atoms with Crippen molar-refractivity contribution in [1.82, 2.24) is 0 Å². The number of ether oxygens (including phenoxy) is 2. The number of rotatable bonds is 7. The maximum absolute atomic E-state index is 7.13. The van der Waals surface area contributed by atoms with Gasteiger partial charge in [0, 0.05) is 68.2 Å². The molecular weight excluding hydrogens is 818 g/mol. The van der Waals surface area contributed by atoms with E-state index < -0.39 is 0 Å². The lowest BCUT2D eigenvalue weighted by Crippen LogP contribution is -2.59. The van der Waals surface area contributed by atoms with E-state index in [1.54, 1.807) is 0 Å². The van der Waals surface area contributed by atoms with Gasteiger partial charge in [-0.1, -0.05) is 105 Å². The number of hydrogen-bond donors (Lipinski definition) is 0. The predicted molar refractivity (Wildman–Crippen MR) is 279 cm³/mol. The van der Waals surface area contributed by atoms with E-state index in [0.717, 1.165) is 86.1 Å². The molecule has 0 aromatic heterocycles. The minimum atomic E-state index is -0.210. The Hall–Kier alpha value is -7.70. The van der Waals surface area contributed by atoms with Gasteiger partial charge in [0.2, 0.25) is 0 Å². The zero-order valence-electron chi connectivity index (χ0n) is 38.9. The van der Waals surface area contributed by atoms with Crippen LogP contribution in [0.5, 0.6) is 17.2 Å². The fourth-order valence-corrected chi connectivity index (χ4v) is 11.2. The molecule has 3 aliphatic heterocycles. The van der Waals surface area contributed by atoms with E-state index in [9.17, 15) is 0 Å². The van der Waals surface area contributed by atoms with Gasteiger partial charge in [-0.15, -0.1) is 0 Å². The fourth-order valence-electron chi connectivity index (χ4n) is 11.2. The summed E-state index contributed by atoms with van der Waals surface area (Å²) in [5, 5.41) is 0. The van der Waals surface area contributed by atoms with Gasteiger partial charge in [-0.2, -0.15) is 0 Å². The standard InChI is InChI=1S/C61H52BN3O2/c1-39-23-26-45(27-24-39)65-53-20-14-22-57-60(53)62(51-32-29-48(37-54(51)65)63(43-16-9-7-10-17-43)44-18-11-8-12-19-44)52-33-30-49(38-58(52)67-57)64(46-28-25-40(2)42(4)35-46)47-31-34-55-50(36-47)61(5,6)59-41(3)15-13-21-56(59)66-55/h7-14,16-38,41H,15H2,1-6H3. The number of nitrogens with zero attached hydrogens (tertiary/aromatic N) is 3. The normalized spacial score (nSPS) is 15.9. The summed E-state index contributed by atoms with van der Waals surface area (Å²) < 4.78 is 13.8. The third-order valence-corrected chi connectivity index (χ3v) is 14.6. The first-order valence-electron chi connectivity index (χ1n) is 23.6. The zero-order valence-corrected chi connectivity index (χ0v) is 38.9. The highest BCUT2D eigenvalue weighted by Gasteiger charge is 2.43. The topological polar surface area (TPSA) is 28.2 Å². The third kappa shape index (κ3) is 6.68. The van der Waals surface area contributed by atoms with E-state index in [2.05, 4.69) is 244 Å². The van der Waals surface area contributed by atoms with Crippen molar-refractivity contribution in [2.24, 2.45) is 5.92 Å². The Morgan fingerprint density at radius 1 is 0.537 bits per heavy atom. The van der Waals surface area contributed by atoms with E-state index in [-0.39, 0.29) is 12.1 Å². The van der Waals surface area contributed by atoms with Gasteiger partial charge in [0.05, 0.1) is 0 Å². The van der Waals surface area contributed by atoms with Crippen molar-refractivity contribution >= 4 is 74.3 Å². The van der Waals surface area contributed by atoms with E-state index in [1.807, 2.05) is 0 Å². The molecule has 0 spiro atoms. The van der Waals surface area contributed by atoms with Crippen LogP contribution in [-0.4, -0.2) is 6.71 Å². The molecule has 8 aromatic carbocycles. The second kappa shape index (κ2) is 15.7. The molecule has 0 saturated carbocycles. The molecule has 67 heavy (non-hydrogen) atoms. The minimum absolute atomic E-state index is 0.0672. The Kier molecular flexibility index (Phi) is 9.58. The molecule has 12 rings (SSSR count). The summed E-state index contributed by atoms with van der Waals surface area (Å²) in [5.41, 5.74) is 19.5. The van der Waals surface area contributed by atoms with Gasteiger partial charge in [-0.05, 0) is 169 Å². The van der Waals surface area contributed by atoms with Crippen LogP contribution in [0.4, 0.5) is 51.2 Å². The number of fused-ring (bicyclic) bond motifs is 5. The smallest absolute Gasteiger partial charge is 0.256 e. The Labute approximate surface area is 395 Å². The highest BCUT2D eigenvalue weighted by Crippen LogP contribution is 2.51. The maximum Gasteiger partial charge on any atom is 0.256 e. The van der Waals surface area contributed by atoms with E-state index in [1.165, 1.54) is 38.8 Å². The molecule has 0 bridgehead atoms. The van der Waals surface area contributed by atoms with Crippen LogP contribution in [0.25, 0.3) is 0 Å². The van der Waals surface area contributed by atoms with Crippen molar-refractivity contribution in [2.75, 3.05) is 14.7 Å². The predicted octanol–water partition coefficient (Wildman–Crippen LogP) is 14.5. The Bertz CT molecular complexity index is 3280. The zero-order chi connectivity index (χ0) is 45.6. The highest BCUT2D eigenvalue weighted by molar-refractivity contribution is 6.99. The molecule has 6 heteroatoms. The molecule has 0 radical (unpaired) electrons. The van der Waals surface area contributed by atoms with Crippen molar-refractivity contribution in [3.05, 3.63) is 222 Å². The van der Waals surface area contributed by atoms with Crippen LogP contribution >= 0.6 is 0 Å². The fraction of sp³-hybridized carbons (Fsp3) is 0.148. The molecule has 3 heterocycles. The second-order valence-corrected chi connectivity index (χ2v) is 19.2. The Morgan fingerprint density at radius 2 is 1.18 bits per heavy atom. The SMILES string of the molecule is Cc1ccc(N2c3cc(N(c4ccccc4)c4ccccc4)ccc3B3c4ccc(N(c5ccc(C)c(C)c5)c5ccc6c(c5)C(C)(C)C5=C(C=CCC5C)O6)cc4Oc4cccc2c43)cc1. The lowest BCUT2D eigenvalue weighted by Gasteiger charge is -2.41. The summed E-state index contributed by atoms with van der Waals surface area (Å²) in [6.07, 6.45) is 5.43. The van der Waals surface area contributed by atoms with Crippen molar-refractivity contribution < 1.29 is 9.47 Å². The average Bonchev–Trinajstić information content (AvgIpc) is 3.34. The third-order valence-electron chi connectivity index (χ3n) is 14.6. The van der Waals surface area contributed by atoms with Gasteiger partial charge in [-0.25, -0.2) is 0 Å². The number of aryl methyl sites for hydroxylation is 3. The summed E-state index contributed by atoms with van der Waals surface area (Å²) in [4.78, 5) is 7.16. The van der Waals surface area contributed by atoms with Crippen molar-refractivity contribution in [3.8, 4) is 17.2 Å². The number of hydrogen-bond acceptors (Lipinski definition) is 5. The summed E-state index contributed by atoms with van der Waals surface area (Å²) in [6, 6.07) is 64.1. The van der Waals surface area contributed by atoms with Crippen molar-refractivity contribution in [3.63, 3.8) is 0 Å². The lowest BCUT2D eigenvalue weighted by molar-refractivity contribution is 0.351. The van der Waals surface area contributed by atoms with Crippen LogP contribution in [0.1, 0.15) is 49.4 Å². The summed E-state index contributed by atoms with van der Waals surface area (Å²) >= 11 is 0. The summed E-state index contributed by atoms with van der Waals surface area (Å²) in [7, 11) is 0. The first-order chi connectivity index (χ1) is 32.6. The molecule has 8 aromatic rings. The molecule has 5 nitrogen and oxygen atoms in total. The second-order valence-electron chi connectivity index (χ2n) is 19.2. The van der Waals surface area contributed by atoms with Crippen LogP contribution in [-0.2, 0) is 5.41 Å². The van der Waals surface area contributed by atoms with Gasteiger partial charge in [0.15, 0.2) is 0 Å². The van der Waals surface area contributed by atoms with E-state index in [0.29, 0.717) is 5.92 Å². The van der Waals surface area contributed by atoms with Crippen LogP contribution in [0.15, 0.2) is 199 Å². The van der Waals surface area contributed by atoms with Gasteiger partial charge >= 0.3 is 0 Å². The first-order valence-corrected chi connectivity index (χ1v) is 23.6. The summed E-state index contributed by atoms with van der Waals surface area (Å²) in [6.45, 7) is 13.5. The first kappa shape index (κ1) is 40.8. The number of anilines is 9. The van der Waals surface area contributed by atoms with E-state index >= 15 is 0 Å². The van der Waals surface area contributed by atoms with Crippen molar-refractivity contribution in [1.29, 1.82) is 0 Å². The van der Waals surface area contributed by atoms with E-state index in [4.69, 9.17) is 9.47 Å². The molecule has 4 aliphatic rings. The highest BCUT2D eigenvalue weighted by atomic mass is 16.5. The molecule has 0 saturated heterocycles. The lowest BCUT2D eigenvalue weighted by atomic mass is 9.34. The number of para-hydroxylation sites is 2. The molecule has 1 atom stereocenters. The number of allylic oxidation sites excluding steroid dienone is 3. The maximum atomic E-state index is 7.13. The Balaban J connectivity index is 1.02. The van der Waals surface area contributed by atoms with Gasteiger partial charge in [-0.3, -0.25) is 0 Å². The van der Waals surface area contributed by atoms with Gasteiger partial charge < -0.3 is 24.2 Å². The van der Waals surface area contributed by atoms with Crippen LogP contribution in [0.2, 0.25) is 0 Å². The molecular formula is C61H52BN3O2. The molecule has 0 fully saturated rings. The quantitative estimate of drug-likeness (QED) is 0.149. The van der Waals surface area contributed by atoms with Crippen LogP contribution < -0.4 is 40.6 Å². The van der Waals surface area contributed by atoms with Crippen LogP contribution in [0.3, 0.4) is 0 Å². The minimum Gasteiger partial charge on any atom is -0.458 e. The van der Waals surface area contributed by atoms with Gasteiger partial charge in [0.1, 0.15) is 23.0 Å². The monoisotopic (exact) mass is 869 g/mol. The average molecular weight is 870 g/mol. The largest absolute Gasteiger partial charge is 0.458 e. The molecule has 1 unspecified atom stereocenters. The summed E-state index contributed by atoms with van der Waals surface area (Å²) in [5.74, 6) is 4.05. The Morgan fingerprint density at radius 3 is 1.91 bits per heavy atom. The van der Waals surface area contributed by atoms with Crippen molar-refractivity contribution in [2.45, 2.75) is 53.4 Å². The van der Waals surface area contributed by atoms with Crippen LogP contribution in [0, 0.1) is 26.7 Å². The molecule has 1 aliphatic carbocycles.